The summed E-state index contributed by atoms with van der Waals surface area (Å²) in [6.07, 6.45) is -3.64. The predicted molar refractivity (Wildman–Crippen MR) is 99.6 cm³/mol. The normalized spacial score (nSPS) is 13.0. The Hall–Kier alpha value is -2.96. The summed E-state index contributed by atoms with van der Waals surface area (Å²) in [5, 5.41) is 0.519. The van der Waals surface area contributed by atoms with Crippen molar-refractivity contribution in [3.63, 3.8) is 0 Å². The third kappa shape index (κ3) is 4.13. The highest BCUT2D eigenvalue weighted by atomic mass is 19.4. The number of hydrogen-bond donors (Lipinski definition) is 0. The fourth-order valence-electron chi connectivity index (χ4n) is 3.16. The van der Waals surface area contributed by atoms with E-state index in [0.717, 1.165) is 11.3 Å². The molecule has 1 unspecified atom stereocenters. The van der Waals surface area contributed by atoms with Crippen molar-refractivity contribution in [2.24, 2.45) is 0 Å². The molecule has 0 bridgehead atoms. The minimum Gasteiger partial charge on any atom is -0.460 e. The number of carbonyl (C=O) groups is 1. The van der Waals surface area contributed by atoms with Crippen LogP contribution in [0.25, 0.3) is 16.6 Å². The Balaban J connectivity index is 2.18. The van der Waals surface area contributed by atoms with Crippen LogP contribution in [0.3, 0.4) is 0 Å². The number of alkyl halides is 3. The maximum Gasteiger partial charge on any atom is 0.573 e. The largest absolute Gasteiger partial charge is 0.573 e. The van der Waals surface area contributed by atoms with E-state index in [9.17, 15) is 18.0 Å². The number of fused-ring (bicyclic) bond motifs is 1. The van der Waals surface area contributed by atoms with Crippen LogP contribution >= 0.6 is 0 Å². The molecule has 0 aliphatic carbocycles. The van der Waals surface area contributed by atoms with Crippen molar-refractivity contribution < 1.29 is 27.4 Å². The number of nitrogens with zero attached hydrogens (tertiary/aromatic N) is 1. The summed E-state index contributed by atoms with van der Waals surface area (Å²) in [5.41, 5.74) is 3.27. The van der Waals surface area contributed by atoms with Gasteiger partial charge in [-0.3, -0.25) is 4.79 Å². The zero-order valence-corrected chi connectivity index (χ0v) is 15.7. The monoisotopic (exact) mass is 391 g/mol. The van der Waals surface area contributed by atoms with Gasteiger partial charge in [-0.15, -0.1) is 13.2 Å². The molecule has 28 heavy (non-hydrogen) atoms. The van der Waals surface area contributed by atoms with Gasteiger partial charge in [-0.05, 0) is 48.7 Å². The Morgan fingerprint density at radius 1 is 1.07 bits per heavy atom. The average Bonchev–Trinajstić information content (AvgIpc) is 2.99. The van der Waals surface area contributed by atoms with Gasteiger partial charge in [-0.25, -0.2) is 0 Å². The molecule has 148 valence electrons. The third-order valence-corrected chi connectivity index (χ3v) is 4.55. The van der Waals surface area contributed by atoms with E-state index in [-0.39, 0.29) is 5.75 Å². The molecule has 3 aromatic rings. The van der Waals surface area contributed by atoms with Crippen molar-refractivity contribution in [2.45, 2.75) is 39.2 Å². The van der Waals surface area contributed by atoms with Gasteiger partial charge in [0, 0.05) is 22.8 Å². The SMILES string of the molecule is CC(C)c1cccc(-n2cc(C(C)OC=O)c3cc(OC(F)(F)F)ccc32)c1. The highest BCUT2D eigenvalue weighted by molar-refractivity contribution is 5.87. The lowest BCUT2D eigenvalue weighted by molar-refractivity contribution is -0.274. The van der Waals surface area contributed by atoms with Crippen LogP contribution in [0.15, 0.2) is 48.7 Å². The molecule has 0 radical (unpaired) electrons. The standard InChI is InChI=1S/C21H20F3NO3/c1-13(2)15-5-4-6-16(9-15)25-11-19(14(3)27-12-26)18-10-17(7-8-20(18)25)28-21(22,23)24/h4-14H,1-3H3. The molecule has 7 heteroatoms. The smallest absolute Gasteiger partial charge is 0.460 e. The Labute approximate surface area is 160 Å². The van der Waals surface area contributed by atoms with Crippen LogP contribution in [-0.4, -0.2) is 17.4 Å². The third-order valence-electron chi connectivity index (χ3n) is 4.55. The molecular weight excluding hydrogens is 371 g/mol. The summed E-state index contributed by atoms with van der Waals surface area (Å²) in [7, 11) is 0. The molecular formula is C21H20F3NO3. The lowest BCUT2D eigenvalue weighted by Gasteiger charge is -2.11. The van der Waals surface area contributed by atoms with Crippen LogP contribution in [0.4, 0.5) is 13.2 Å². The van der Waals surface area contributed by atoms with Crippen molar-refractivity contribution in [1.29, 1.82) is 0 Å². The van der Waals surface area contributed by atoms with Gasteiger partial charge in [-0.2, -0.15) is 0 Å². The van der Waals surface area contributed by atoms with E-state index in [1.165, 1.54) is 12.1 Å². The van der Waals surface area contributed by atoms with Crippen LogP contribution in [0.5, 0.6) is 5.75 Å². The molecule has 0 N–H and O–H groups in total. The van der Waals surface area contributed by atoms with Gasteiger partial charge >= 0.3 is 6.36 Å². The molecule has 0 spiro atoms. The van der Waals surface area contributed by atoms with Crippen LogP contribution in [0, 0.1) is 0 Å². The first-order valence-corrected chi connectivity index (χ1v) is 8.80. The number of halogens is 3. The van der Waals surface area contributed by atoms with E-state index in [1.54, 1.807) is 19.2 Å². The van der Waals surface area contributed by atoms with Gasteiger partial charge in [0.25, 0.3) is 6.47 Å². The Kier molecular flexibility index (Phi) is 5.36. The molecule has 1 aromatic heterocycles. The quantitative estimate of drug-likeness (QED) is 0.492. The first kappa shape index (κ1) is 19.8. The first-order valence-electron chi connectivity index (χ1n) is 8.80. The van der Waals surface area contributed by atoms with Crippen molar-refractivity contribution >= 4 is 17.4 Å². The fourth-order valence-corrected chi connectivity index (χ4v) is 3.16. The minimum atomic E-state index is -4.78. The molecule has 4 nitrogen and oxygen atoms in total. The van der Waals surface area contributed by atoms with Crippen LogP contribution in [0.2, 0.25) is 0 Å². The van der Waals surface area contributed by atoms with E-state index in [4.69, 9.17) is 4.74 Å². The minimum absolute atomic E-state index is 0.323. The zero-order chi connectivity index (χ0) is 20.5. The van der Waals surface area contributed by atoms with Gasteiger partial charge in [-0.1, -0.05) is 26.0 Å². The Morgan fingerprint density at radius 3 is 2.46 bits per heavy atom. The molecule has 0 saturated heterocycles. The molecule has 0 aliphatic rings. The van der Waals surface area contributed by atoms with Gasteiger partial charge < -0.3 is 14.0 Å². The Bertz CT molecular complexity index is 992. The summed E-state index contributed by atoms with van der Waals surface area (Å²) >= 11 is 0. The predicted octanol–water partition coefficient (Wildman–Crippen LogP) is 5.89. The summed E-state index contributed by atoms with van der Waals surface area (Å²) < 4.78 is 48.8. The van der Waals surface area contributed by atoms with E-state index in [0.29, 0.717) is 28.9 Å². The Morgan fingerprint density at radius 2 is 1.82 bits per heavy atom. The van der Waals surface area contributed by atoms with E-state index in [2.05, 4.69) is 18.6 Å². The molecule has 0 aliphatic heterocycles. The number of benzene rings is 2. The van der Waals surface area contributed by atoms with Crippen molar-refractivity contribution in [3.05, 3.63) is 59.8 Å². The number of hydrogen-bond acceptors (Lipinski definition) is 3. The van der Waals surface area contributed by atoms with Gasteiger partial charge in [0.2, 0.25) is 0 Å². The van der Waals surface area contributed by atoms with E-state index in [1.807, 2.05) is 28.8 Å². The maximum absolute atomic E-state index is 12.6. The van der Waals surface area contributed by atoms with Gasteiger partial charge in [0.15, 0.2) is 0 Å². The highest BCUT2D eigenvalue weighted by Crippen LogP contribution is 2.35. The van der Waals surface area contributed by atoms with Crippen LogP contribution in [0.1, 0.15) is 43.9 Å². The number of aromatic nitrogens is 1. The maximum atomic E-state index is 12.6. The molecule has 0 amide bonds. The topological polar surface area (TPSA) is 40.5 Å². The summed E-state index contributed by atoms with van der Waals surface area (Å²) in [6.45, 7) is 6.15. The number of carbonyl (C=O) groups excluding carboxylic acids is 1. The molecule has 2 aromatic carbocycles. The number of ether oxygens (including phenoxy) is 2. The van der Waals surface area contributed by atoms with Crippen molar-refractivity contribution in [1.82, 2.24) is 4.57 Å². The summed E-state index contributed by atoms with van der Waals surface area (Å²) in [6, 6.07) is 12.0. The molecule has 1 atom stereocenters. The van der Waals surface area contributed by atoms with E-state index >= 15 is 0 Å². The van der Waals surface area contributed by atoms with E-state index < -0.39 is 12.5 Å². The van der Waals surface area contributed by atoms with Crippen molar-refractivity contribution in [3.8, 4) is 11.4 Å². The zero-order valence-electron chi connectivity index (χ0n) is 15.7. The lowest BCUT2D eigenvalue weighted by atomic mass is 10.0. The first-order chi connectivity index (χ1) is 13.2. The van der Waals surface area contributed by atoms with Gasteiger partial charge in [0.05, 0.1) is 5.52 Å². The second-order valence-electron chi connectivity index (χ2n) is 6.81. The second-order valence-corrected chi connectivity index (χ2v) is 6.81. The fraction of sp³-hybridized carbons (Fsp3) is 0.286. The average molecular weight is 391 g/mol. The molecule has 1 heterocycles. The van der Waals surface area contributed by atoms with Gasteiger partial charge in [0.1, 0.15) is 11.9 Å². The summed E-state index contributed by atoms with van der Waals surface area (Å²) in [5.74, 6) is -0.00131. The van der Waals surface area contributed by atoms with Crippen LogP contribution in [-0.2, 0) is 9.53 Å². The lowest BCUT2D eigenvalue weighted by Crippen LogP contribution is -2.17. The highest BCUT2D eigenvalue weighted by Gasteiger charge is 2.31. The van der Waals surface area contributed by atoms with Crippen molar-refractivity contribution in [2.75, 3.05) is 0 Å². The molecule has 0 fully saturated rings. The van der Waals surface area contributed by atoms with Crippen LogP contribution < -0.4 is 4.74 Å². The number of rotatable bonds is 6. The molecule has 0 saturated carbocycles. The summed E-state index contributed by atoms with van der Waals surface area (Å²) in [4.78, 5) is 10.8. The molecule has 3 rings (SSSR count). The second kappa shape index (κ2) is 7.58.